The molecular formula is C32H59N3O7. The Morgan fingerprint density at radius 1 is 1.00 bits per heavy atom. The van der Waals surface area contributed by atoms with Crippen molar-refractivity contribution in [3.8, 4) is 0 Å². The average Bonchev–Trinajstić information content (AvgIpc) is 2.87. The topological polar surface area (TPSA) is 101 Å². The summed E-state index contributed by atoms with van der Waals surface area (Å²) < 4.78 is 24.9. The molecule has 5 unspecified atom stereocenters. The van der Waals surface area contributed by atoms with E-state index in [0.29, 0.717) is 24.8 Å². The quantitative estimate of drug-likeness (QED) is 0.363. The van der Waals surface area contributed by atoms with Crippen molar-refractivity contribution in [2.75, 3.05) is 55.5 Å². The molecule has 2 aliphatic heterocycles. The van der Waals surface area contributed by atoms with E-state index in [0.717, 1.165) is 19.4 Å². The fourth-order valence-corrected chi connectivity index (χ4v) is 7.43. The first-order valence-electron chi connectivity index (χ1n) is 15.7. The Morgan fingerprint density at radius 2 is 1.62 bits per heavy atom. The van der Waals surface area contributed by atoms with Gasteiger partial charge in [-0.3, -0.25) is 14.5 Å². The molecule has 1 N–H and O–H groups in total. The monoisotopic (exact) mass is 597 g/mol. The summed E-state index contributed by atoms with van der Waals surface area (Å²) in [5.41, 5.74) is -2.29. The van der Waals surface area contributed by atoms with Gasteiger partial charge in [-0.05, 0) is 100 Å². The highest BCUT2D eigenvalue weighted by Crippen LogP contribution is 2.40. The number of carbonyl (C=O) groups excluding carboxylic acids is 2. The van der Waals surface area contributed by atoms with Crippen LogP contribution in [0.2, 0.25) is 0 Å². The van der Waals surface area contributed by atoms with Gasteiger partial charge in [0, 0.05) is 37.7 Å². The number of ether oxygens (including phenoxy) is 4. The van der Waals surface area contributed by atoms with Crippen LogP contribution in [-0.4, -0.2) is 135 Å². The summed E-state index contributed by atoms with van der Waals surface area (Å²) in [4.78, 5) is 34.2. The van der Waals surface area contributed by atoms with E-state index in [1.165, 1.54) is 0 Å². The fraction of sp³-hybridized carbons (Fsp3) is 0.938. The smallest absolute Gasteiger partial charge is 0.319 e. The van der Waals surface area contributed by atoms with Crippen LogP contribution in [0.3, 0.4) is 0 Å². The lowest BCUT2D eigenvalue weighted by Gasteiger charge is -2.47. The predicted octanol–water partition coefficient (Wildman–Crippen LogP) is 2.66. The third kappa shape index (κ3) is 7.56. The van der Waals surface area contributed by atoms with E-state index in [2.05, 4.69) is 37.9 Å². The highest BCUT2D eigenvalue weighted by atomic mass is 16.7. The maximum Gasteiger partial charge on any atom is 0.319 e. The Balaban J connectivity index is 1.96. The number of Topliss-reactive ketones (excluding diaryl/α,β-unsaturated/α-hetero) is 1. The number of rotatable bonds is 6. The zero-order valence-electron chi connectivity index (χ0n) is 28.3. The zero-order chi connectivity index (χ0) is 31.7. The van der Waals surface area contributed by atoms with Gasteiger partial charge >= 0.3 is 5.97 Å². The van der Waals surface area contributed by atoms with Crippen molar-refractivity contribution in [3.05, 3.63) is 0 Å². The summed E-state index contributed by atoms with van der Waals surface area (Å²) in [6.45, 7) is 12.2. The van der Waals surface area contributed by atoms with Gasteiger partial charge in [-0.1, -0.05) is 13.8 Å². The highest BCUT2D eigenvalue weighted by molar-refractivity contribution is 6.04. The standard InChI is InChI=1S/C32H59N3O7/c1-19-16-32(6,39-12)28(42-29-26(36)24(34(9)10)13-20(2)41-29)21(3)27(37)31(4,5)30(38)40-18-25(35(11)17-19)22-14-23(15-22)33(7)8/h19-26,28-29,36H,13-18H2,1-12H3/t19?,20-,21?,22?,23?,24+,25?,26-,28?,29+,32?/m1/s1. The number of hydrogen-bond acceptors (Lipinski definition) is 10. The molecule has 42 heavy (non-hydrogen) atoms. The van der Waals surface area contributed by atoms with Gasteiger partial charge in [-0.25, -0.2) is 0 Å². The Bertz CT molecular complexity index is 924. The van der Waals surface area contributed by atoms with Crippen LogP contribution in [-0.2, 0) is 28.5 Å². The van der Waals surface area contributed by atoms with E-state index in [4.69, 9.17) is 18.9 Å². The maximum absolute atomic E-state index is 14.1. The van der Waals surface area contributed by atoms with Crippen LogP contribution in [0.1, 0.15) is 67.2 Å². The minimum atomic E-state index is -1.39. The number of ketones is 1. The second-order valence-electron chi connectivity index (χ2n) is 14.7. The van der Waals surface area contributed by atoms with E-state index in [1.54, 1.807) is 27.9 Å². The lowest BCUT2D eigenvalue weighted by atomic mass is 9.74. The number of cyclic esters (lactones) is 1. The molecule has 0 amide bonds. The number of aliphatic hydroxyl groups is 1. The molecule has 0 spiro atoms. The molecule has 3 rings (SSSR count). The molecule has 2 heterocycles. The number of methoxy groups -OCH3 is 1. The van der Waals surface area contributed by atoms with Crippen molar-refractivity contribution in [1.29, 1.82) is 0 Å². The second-order valence-corrected chi connectivity index (χ2v) is 14.7. The normalized spacial score (nSPS) is 42.8. The number of likely N-dealkylation sites (N-methyl/N-ethyl adjacent to an activating group) is 2. The van der Waals surface area contributed by atoms with Crippen molar-refractivity contribution >= 4 is 11.8 Å². The summed E-state index contributed by atoms with van der Waals surface area (Å²) >= 11 is 0. The number of esters is 1. The third-order valence-electron chi connectivity index (χ3n) is 10.3. The first-order chi connectivity index (χ1) is 19.4. The van der Waals surface area contributed by atoms with Gasteiger partial charge in [0.05, 0.1) is 17.8 Å². The largest absolute Gasteiger partial charge is 0.463 e. The first kappa shape index (κ1) is 35.3. The number of nitrogens with zero attached hydrogens (tertiary/aromatic N) is 3. The maximum atomic E-state index is 14.1. The van der Waals surface area contributed by atoms with Crippen LogP contribution in [0, 0.1) is 23.2 Å². The molecule has 2 saturated heterocycles. The van der Waals surface area contributed by atoms with Crippen LogP contribution < -0.4 is 0 Å². The Hall–Kier alpha value is -1.14. The minimum absolute atomic E-state index is 0.0627. The second kappa shape index (κ2) is 13.9. The van der Waals surface area contributed by atoms with Gasteiger partial charge < -0.3 is 33.9 Å². The Morgan fingerprint density at radius 3 is 2.17 bits per heavy atom. The molecular weight excluding hydrogens is 538 g/mol. The van der Waals surface area contributed by atoms with Crippen molar-refractivity contribution in [3.63, 3.8) is 0 Å². The number of hydrogen-bond donors (Lipinski definition) is 1. The average molecular weight is 598 g/mol. The van der Waals surface area contributed by atoms with Crippen LogP contribution in [0.4, 0.5) is 0 Å². The van der Waals surface area contributed by atoms with Crippen molar-refractivity contribution in [2.24, 2.45) is 23.2 Å². The zero-order valence-corrected chi connectivity index (χ0v) is 28.3. The van der Waals surface area contributed by atoms with Gasteiger partial charge in [0.25, 0.3) is 0 Å². The highest BCUT2D eigenvalue weighted by Gasteiger charge is 2.52. The van der Waals surface area contributed by atoms with Crippen LogP contribution in [0.25, 0.3) is 0 Å². The van der Waals surface area contributed by atoms with E-state index in [1.807, 2.05) is 32.8 Å². The van der Waals surface area contributed by atoms with Crippen molar-refractivity contribution in [1.82, 2.24) is 14.7 Å². The van der Waals surface area contributed by atoms with Crippen molar-refractivity contribution < 1.29 is 33.6 Å². The molecule has 9 atom stereocenters. The van der Waals surface area contributed by atoms with Crippen LogP contribution in [0.15, 0.2) is 0 Å². The molecule has 3 fully saturated rings. The van der Waals surface area contributed by atoms with Crippen LogP contribution in [0.5, 0.6) is 0 Å². The number of aliphatic hydroxyl groups excluding tert-OH is 1. The molecule has 0 aromatic rings. The first-order valence-corrected chi connectivity index (χ1v) is 15.7. The summed E-state index contributed by atoms with van der Waals surface area (Å²) in [7, 11) is 11.8. The molecule has 1 aliphatic carbocycles. The van der Waals surface area contributed by atoms with E-state index in [-0.39, 0.29) is 36.5 Å². The van der Waals surface area contributed by atoms with E-state index in [9.17, 15) is 14.7 Å². The molecule has 10 nitrogen and oxygen atoms in total. The summed E-state index contributed by atoms with van der Waals surface area (Å²) in [5.74, 6) is -0.960. The lowest BCUT2D eigenvalue weighted by molar-refractivity contribution is -0.295. The fourth-order valence-electron chi connectivity index (χ4n) is 7.43. The molecule has 244 valence electrons. The van der Waals surface area contributed by atoms with Gasteiger partial charge in [-0.2, -0.15) is 0 Å². The Kier molecular flexibility index (Phi) is 11.7. The molecule has 0 bridgehead atoms. The van der Waals surface area contributed by atoms with Gasteiger partial charge in [0.2, 0.25) is 0 Å². The molecule has 10 heteroatoms. The minimum Gasteiger partial charge on any atom is -0.463 e. The van der Waals surface area contributed by atoms with Gasteiger partial charge in [-0.15, -0.1) is 0 Å². The molecule has 0 radical (unpaired) electrons. The Labute approximate surface area is 254 Å². The lowest BCUT2D eigenvalue weighted by Crippen LogP contribution is -2.59. The SMILES string of the molecule is COC1(C)CC(C)CN(C)C(C2CC(N(C)C)C2)COC(=O)C(C)(C)C(=O)C(C)C1O[C@@H]1O[C@H](C)C[C@H](N(C)C)[C@H]1O. The summed E-state index contributed by atoms with van der Waals surface area (Å²) in [6, 6.07) is 0.428. The van der Waals surface area contributed by atoms with E-state index >= 15 is 0 Å². The van der Waals surface area contributed by atoms with Crippen LogP contribution >= 0.6 is 0 Å². The third-order valence-corrected chi connectivity index (χ3v) is 10.3. The molecule has 1 saturated carbocycles. The predicted molar refractivity (Wildman–Crippen MR) is 162 cm³/mol. The van der Waals surface area contributed by atoms with Gasteiger partial charge in [0.1, 0.15) is 18.1 Å². The molecule has 0 aromatic carbocycles. The molecule has 3 aliphatic rings. The van der Waals surface area contributed by atoms with Crippen molar-refractivity contribution in [2.45, 2.75) is 116 Å². The number of carbonyl (C=O) groups is 2. The summed E-state index contributed by atoms with van der Waals surface area (Å²) in [5, 5.41) is 11.3. The van der Waals surface area contributed by atoms with Gasteiger partial charge in [0.15, 0.2) is 12.1 Å². The van der Waals surface area contributed by atoms with E-state index < -0.39 is 41.4 Å². The summed E-state index contributed by atoms with van der Waals surface area (Å²) in [6.07, 6.45) is 0.575. The molecule has 0 aromatic heterocycles.